The first-order chi connectivity index (χ1) is 18.7. The SMILES string of the molecule is COc1c(Oc2ccc(C3CCN(C)CC3)cc2)nc(NS(=O)(=O)c2cnn(C)c2)nc1-c1ccccc1C. The van der Waals surface area contributed by atoms with Crippen molar-refractivity contribution in [1.82, 2.24) is 24.6 Å². The van der Waals surface area contributed by atoms with Crippen LogP contribution in [0.2, 0.25) is 0 Å². The second-order valence-corrected chi connectivity index (χ2v) is 11.4. The number of methoxy groups -OCH3 is 1. The molecule has 1 aliphatic heterocycles. The minimum absolute atomic E-state index is 0.00572. The number of hydrogen-bond acceptors (Lipinski definition) is 8. The minimum atomic E-state index is -3.99. The topological polar surface area (TPSA) is 111 Å². The van der Waals surface area contributed by atoms with Crippen LogP contribution in [0.15, 0.2) is 65.8 Å². The lowest BCUT2D eigenvalue weighted by Gasteiger charge is -2.29. The first-order valence-corrected chi connectivity index (χ1v) is 14.2. The molecule has 2 aromatic carbocycles. The largest absolute Gasteiger partial charge is 0.490 e. The van der Waals surface area contributed by atoms with Gasteiger partial charge in [-0.3, -0.25) is 4.68 Å². The van der Waals surface area contributed by atoms with Crippen molar-refractivity contribution in [2.45, 2.75) is 30.6 Å². The predicted octanol–water partition coefficient (Wildman–Crippen LogP) is 4.60. The van der Waals surface area contributed by atoms with E-state index in [1.807, 2.05) is 43.3 Å². The summed E-state index contributed by atoms with van der Waals surface area (Å²) in [5.74, 6) is 1.33. The Hall–Kier alpha value is -3.96. The van der Waals surface area contributed by atoms with Crippen LogP contribution >= 0.6 is 0 Å². The number of ether oxygens (including phenoxy) is 2. The molecule has 39 heavy (non-hydrogen) atoms. The third kappa shape index (κ3) is 5.89. The van der Waals surface area contributed by atoms with E-state index in [1.165, 1.54) is 29.7 Å². The Morgan fingerprint density at radius 3 is 2.36 bits per heavy atom. The molecule has 1 saturated heterocycles. The zero-order valence-electron chi connectivity index (χ0n) is 22.5. The third-order valence-electron chi connectivity index (χ3n) is 6.94. The maximum absolute atomic E-state index is 13.0. The fraction of sp³-hybridized carbons (Fsp3) is 0.321. The summed E-state index contributed by atoms with van der Waals surface area (Å²) < 4.78 is 41.9. The number of sulfonamides is 1. The summed E-state index contributed by atoms with van der Waals surface area (Å²) in [6, 6.07) is 15.6. The van der Waals surface area contributed by atoms with E-state index >= 15 is 0 Å². The molecule has 0 spiro atoms. The number of nitrogens with one attached hydrogen (secondary N) is 1. The summed E-state index contributed by atoms with van der Waals surface area (Å²) in [5, 5.41) is 3.96. The zero-order valence-corrected chi connectivity index (χ0v) is 23.3. The van der Waals surface area contributed by atoms with Crippen molar-refractivity contribution in [3.8, 4) is 28.6 Å². The van der Waals surface area contributed by atoms with Gasteiger partial charge in [-0.1, -0.05) is 36.4 Å². The van der Waals surface area contributed by atoms with Crippen LogP contribution in [0.3, 0.4) is 0 Å². The maximum atomic E-state index is 13.0. The average Bonchev–Trinajstić information content (AvgIpc) is 3.37. The lowest BCUT2D eigenvalue weighted by molar-refractivity contribution is 0.255. The van der Waals surface area contributed by atoms with Crippen LogP contribution in [0, 0.1) is 6.92 Å². The average molecular weight is 549 g/mol. The molecule has 3 heterocycles. The van der Waals surface area contributed by atoms with Crippen LogP contribution in [0.25, 0.3) is 11.3 Å². The molecule has 0 aliphatic carbocycles. The lowest BCUT2D eigenvalue weighted by Crippen LogP contribution is -2.29. The molecule has 10 nitrogen and oxygen atoms in total. The molecule has 0 bridgehead atoms. The number of benzene rings is 2. The number of hydrogen-bond donors (Lipinski definition) is 1. The summed E-state index contributed by atoms with van der Waals surface area (Å²) >= 11 is 0. The zero-order chi connectivity index (χ0) is 27.6. The van der Waals surface area contributed by atoms with Gasteiger partial charge in [0.2, 0.25) is 11.7 Å². The monoisotopic (exact) mass is 548 g/mol. The standard InChI is InChI=1S/C28H32N6O4S/c1-19-7-5-6-8-24(19)25-26(37-4)27(31-28(30-25)32-39(35,36)23-17-29-34(3)18-23)38-22-11-9-20(10-12-22)21-13-15-33(2)16-14-21/h5-12,17-18,21H,13-16H2,1-4H3,(H,30,31,32). The van der Waals surface area contributed by atoms with Crippen molar-refractivity contribution in [3.05, 3.63) is 72.1 Å². The Kier molecular flexibility index (Phi) is 7.53. The van der Waals surface area contributed by atoms with Gasteiger partial charge in [-0.25, -0.2) is 18.1 Å². The first kappa shape index (κ1) is 26.6. The maximum Gasteiger partial charge on any atom is 0.268 e. The van der Waals surface area contributed by atoms with Gasteiger partial charge >= 0.3 is 0 Å². The molecule has 5 rings (SSSR count). The second kappa shape index (κ2) is 11.0. The van der Waals surface area contributed by atoms with Gasteiger partial charge in [-0.05, 0) is 69.1 Å². The quantitative estimate of drug-likeness (QED) is 0.340. The molecule has 1 N–H and O–H groups in total. The summed E-state index contributed by atoms with van der Waals surface area (Å²) in [6.45, 7) is 4.11. The summed E-state index contributed by atoms with van der Waals surface area (Å²) in [5.41, 5.74) is 3.38. The van der Waals surface area contributed by atoms with Crippen molar-refractivity contribution in [2.75, 3.05) is 32.0 Å². The van der Waals surface area contributed by atoms with E-state index in [0.717, 1.165) is 37.1 Å². The fourth-order valence-corrected chi connectivity index (χ4v) is 5.65. The molecule has 0 radical (unpaired) electrons. The highest BCUT2D eigenvalue weighted by Crippen LogP contribution is 2.40. The minimum Gasteiger partial charge on any atom is -0.490 e. The van der Waals surface area contributed by atoms with Crippen molar-refractivity contribution in [1.29, 1.82) is 0 Å². The van der Waals surface area contributed by atoms with Gasteiger partial charge in [0.05, 0.1) is 13.3 Å². The van der Waals surface area contributed by atoms with Crippen molar-refractivity contribution < 1.29 is 17.9 Å². The van der Waals surface area contributed by atoms with Crippen LogP contribution in [0.4, 0.5) is 5.95 Å². The van der Waals surface area contributed by atoms with Crippen LogP contribution in [-0.4, -0.2) is 60.3 Å². The second-order valence-electron chi connectivity index (χ2n) is 9.75. The van der Waals surface area contributed by atoms with Crippen molar-refractivity contribution in [2.24, 2.45) is 7.05 Å². The summed E-state index contributed by atoms with van der Waals surface area (Å²) in [4.78, 5) is 11.3. The predicted molar refractivity (Wildman–Crippen MR) is 149 cm³/mol. The molecule has 4 aromatic rings. The smallest absolute Gasteiger partial charge is 0.268 e. The van der Waals surface area contributed by atoms with E-state index < -0.39 is 10.0 Å². The van der Waals surface area contributed by atoms with E-state index in [-0.39, 0.29) is 16.7 Å². The van der Waals surface area contributed by atoms with E-state index in [2.05, 4.69) is 43.9 Å². The number of piperidine rings is 1. The van der Waals surface area contributed by atoms with Gasteiger partial charge in [0.1, 0.15) is 16.3 Å². The van der Waals surface area contributed by atoms with Gasteiger partial charge < -0.3 is 14.4 Å². The number of rotatable bonds is 8. The molecule has 11 heteroatoms. The van der Waals surface area contributed by atoms with Crippen LogP contribution in [-0.2, 0) is 17.1 Å². The third-order valence-corrected chi connectivity index (χ3v) is 8.22. The number of likely N-dealkylation sites (tertiary alicyclic amines) is 1. The Morgan fingerprint density at radius 1 is 1.00 bits per heavy atom. The highest BCUT2D eigenvalue weighted by Gasteiger charge is 2.24. The molecule has 1 fully saturated rings. The van der Waals surface area contributed by atoms with Crippen LogP contribution < -0.4 is 14.2 Å². The van der Waals surface area contributed by atoms with Gasteiger partial charge in [0, 0.05) is 18.8 Å². The van der Waals surface area contributed by atoms with Crippen molar-refractivity contribution in [3.63, 3.8) is 0 Å². The number of aryl methyl sites for hydroxylation is 2. The number of aromatic nitrogens is 4. The first-order valence-electron chi connectivity index (χ1n) is 12.7. The Morgan fingerprint density at radius 2 is 1.72 bits per heavy atom. The van der Waals surface area contributed by atoms with Crippen molar-refractivity contribution >= 4 is 16.0 Å². The van der Waals surface area contributed by atoms with Gasteiger partial charge in [0.25, 0.3) is 15.9 Å². The van der Waals surface area contributed by atoms with Gasteiger partial charge in [-0.2, -0.15) is 10.1 Å². The molecule has 0 amide bonds. The molecule has 0 saturated carbocycles. The molecular weight excluding hydrogens is 516 g/mol. The van der Waals surface area contributed by atoms with Crippen LogP contribution in [0.1, 0.15) is 29.9 Å². The van der Waals surface area contributed by atoms with E-state index in [0.29, 0.717) is 23.1 Å². The molecule has 0 atom stereocenters. The van der Waals surface area contributed by atoms with Crippen LogP contribution in [0.5, 0.6) is 17.4 Å². The molecular formula is C28H32N6O4S. The molecule has 204 valence electrons. The number of anilines is 1. The molecule has 1 aliphatic rings. The highest BCUT2D eigenvalue weighted by molar-refractivity contribution is 7.92. The number of nitrogens with zero attached hydrogens (tertiary/aromatic N) is 5. The van der Waals surface area contributed by atoms with E-state index in [1.54, 1.807) is 7.05 Å². The Bertz CT molecular complexity index is 1560. The Balaban J connectivity index is 1.51. The summed E-state index contributed by atoms with van der Waals surface area (Å²) in [7, 11) is 1.31. The van der Waals surface area contributed by atoms with Gasteiger partial charge in [0.15, 0.2) is 0 Å². The van der Waals surface area contributed by atoms with E-state index in [9.17, 15) is 8.42 Å². The Labute approximate surface area is 228 Å². The van der Waals surface area contributed by atoms with Gasteiger partial charge in [-0.15, -0.1) is 0 Å². The van der Waals surface area contributed by atoms with E-state index in [4.69, 9.17) is 9.47 Å². The summed E-state index contributed by atoms with van der Waals surface area (Å²) in [6.07, 6.45) is 4.90. The molecule has 0 unspecified atom stereocenters. The fourth-order valence-electron chi connectivity index (χ4n) is 4.73. The molecule has 2 aromatic heterocycles. The lowest BCUT2D eigenvalue weighted by atomic mass is 9.90. The normalized spacial score (nSPS) is 14.8. The highest BCUT2D eigenvalue weighted by atomic mass is 32.2.